The number of carbonyl (C=O) groups excluding carboxylic acids is 1. The Morgan fingerprint density at radius 3 is 2.72 bits per heavy atom. The summed E-state index contributed by atoms with van der Waals surface area (Å²) in [6.07, 6.45) is 3.83. The summed E-state index contributed by atoms with van der Waals surface area (Å²) in [6, 6.07) is 15.9. The maximum Gasteiger partial charge on any atom is 0.225 e. The summed E-state index contributed by atoms with van der Waals surface area (Å²) < 4.78 is 1.85. The van der Waals surface area contributed by atoms with E-state index in [1.165, 1.54) is 5.56 Å². The lowest BCUT2D eigenvalue weighted by atomic mass is 9.97. The van der Waals surface area contributed by atoms with E-state index in [2.05, 4.69) is 41.4 Å². The number of rotatable bonds is 5. The van der Waals surface area contributed by atoms with Gasteiger partial charge in [-0.1, -0.05) is 64.9 Å². The van der Waals surface area contributed by atoms with Crippen LogP contribution in [0, 0.1) is 12.8 Å². The van der Waals surface area contributed by atoms with Gasteiger partial charge in [0.1, 0.15) is 0 Å². The van der Waals surface area contributed by atoms with Gasteiger partial charge in [-0.25, -0.2) is 9.50 Å². The molecule has 1 atom stereocenters. The number of fused-ring (bicyclic) bond motifs is 1. The van der Waals surface area contributed by atoms with Crippen molar-refractivity contribution in [3.8, 4) is 11.3 Å². The number of piperidine rings is 1. The van der Waals surface area contributed by atoms with E-state index in [4.69, 9.17) is 21.7 Å². The number of halogens is 1. The first-order valence-corrected chi connectivity index (χ1v) is 11.9. The van der Waals surface area contributed by atoms with Gasteiger partial charge >= 0.3 is 0 Å². The van der Waals surface area contributed by atoms with E-state index in [-0.39, 0.29) is 11.8 Å². The highest BCUT2D eigenvalue weighted by Gasteiger charge is 2.27. The van der Waals surface area contributed by atoms with Crippen molar-refractivity contribution in [1.82, 2.24) is 19.9 Å². The Labute approximate surface area is 195 Å². The van der Waals surface area contributed by atoms with E-state index in [1.807, 2.05) is 35.0 Å². The Hall–Kier alpha value is -2.90. The van der Waals surface area contributed by atoms with Crippen molar-refractivity contribution in [2.24, 2.45) is 5.92 Å². The van der Waals surface area contributed by atoms with Crippen LogP contribution in [0.5, 0.6) is 0 Å². The minimum atomic E-state index is -0.0459. The Kier molecular flexibility index (Phi) is 5.85. The van der Waals surface area contributed by atoms with Crippen LogP contribution >= 0.6 is 22.9 Å². The number of benzene rings is 2. The molecule has 0 spiro atoms. The molecular weight excluding hydrogens is 442 g/mol. The molecule has 2 aromatic heterocycles. The van der Waals surface area contributed by atoms with Crippen LogP contribution in [0.4, 0.5) is 5.13 Å². The van der Waals surface area contributed by atoms with E-state index in [0.717, 1.165) is 46.3 Å². The van der Waals surface area contributed by atoms with Crippen LogP contribution in [-0.4, -0.2) is 33.6 Å². The van der Waals surface area contributed by atoms with Crippen molar-refractivity contribution in [3.63, 3.8) is 0 Å². The molecule has 32 heavy (non-hydrogen) atoms. The molecule has 1 amide bonds. The highest BCUT2D eigenvalue weighted by atomic mass is 35.5. The minimum absolute atomic E-state index is 0.0459. The molecule has 1 aliphatic rings. The van der Waals surface area contributed by atoms with E-state index in [9.17, 15) is 4.79 Å². The van der Waals surface area contributed by atoms with Crippen LogP contribution in [-0.2, 0) is 11.3 Å². The van der Waals surface area contributed by atoms with Crippen molar-refractivity contribution >= 4 is 38.9 Å². The average molecular weight is 466 g/mol. The highest BCUT2D eigenvalue weighted by Crippen LogP contribution is 2.30. The fraction of sp³-hybridized carbons (Fsp3) is 0.292. The van der Waals surface area contributed by atoms with Gasteiger partial charge in [0.05, 0.1) is 17.8 Å². The zero-order chi connectivity index (χ0) is 22.1. The van der Waals surface area contributed by atoms with E-state index < -0.39 is 0 Å². The Balaban J connectivity index is 1.24. The van der Waals surface area contributed by atoms with Gasteiger partial charge in [0.2, 0.25) is 16.0 Å². The van der Waals surface area contributed by atoms with Gasteiger partial charge in [0.25, 0.3) is 0 Å². The van der Waals surface area contributed by atoms with Crippen LogP contribution in [0.3, 0.4) is 0 Å². The quantitative estimate of drug-likeness (QED) is 0.453. The lowest BCUT2D eigenvalue weighted by Gasteiger charge is -2.31. The maximum absolute atomic E-state index is 12.8. The van der Waals surface area contributed by atoms with Gasteiger partial charge in [0.15, 0.2) is 0 Å². The maximum atomic E-state index is 12.8. The third-order valence-electron chi connectivity index (χ3n) is 5.82. The van der Waals surface area contributed by atoms with Crippen molar-refractivity contribution in [3.05, 3.63) is 70.9 Å². The van der Waals surface area contributed by atoms with E-state index in [0.29, 0.717) is 18.1 Å². The largest absolute Gasteiger partial charge is 0.352 e. The summed E-state index contributed by atoms with van der Waals surface area (Å²) in [6.45, 7) is 4.17. The Morgan fingerprint density at radius 2 is 1.97 bits per heavy atom. The number of aromatic nitrogens is 3. The number of carbonyl (C=O) groups is 1. The number of hydrogen-bond acceptors (Lipinski definition) is 5. The normalized spacial score (nSPS) is 16.4. The molecule has 0 aliphatic carbocycles. The van der Waals surface area contributed by atoms with Gasteiger partial charge in [-0.05, 0) is 37.5 Å². The number of anilines is 1. The second kappa shape index (κ2) is 8.92. The predicted octanol–water partition coefficient (Wildman–Crippen LogP) is 4.95. The first kappa shape index (κ1) is 21.0. The van der Waals surface area contributed by atoms with Gasteiger partial charge in [-0.2, -0.15) is 0 Å². The number of nitrogens with one attached hydrogen (secondary N) is 1. The minimum Gasteiger partial charge on any atom is -0.352 e. The summed E-state index contributed by atoms with van der Waals surface area (Å²) in [5.74, 6) is 0.0445. The van der Waals surface area contributed by atoms with Gasteiger partial charge in [0, 0.05) is 30.2 Å². The second-order valence-corrected chi connectivity index (χ2v) is 9.60. The standard InChI is InChI=1S/C24H24ClN5OS/c1-16-4-8-18(9-5-16)21-15-30-23(27-21)32-24(28-30)29-12-2-3-19(14-29)22(31)26-13-17-6-10-20(25)11-7-17/h4-11,15,19H,2-3,12-14H2,1H3,(H,26,31)/t19-/m0/s1. The fourth-order valence-electron chi connectivity index (χ4n) is 3.98. The molecule has 0 bridgehead atoms. The number of amides is 1. The van der Waals surface area contributed by atoms with Crippen molar-refractivity contribution in [2.45, 2.75) is 26.3 Å². The summed E-state index contributed by atoms with van der Waals surface area (Å²) in [5.41, 5.74) is 4.28. The van der Waals surface area contributed by atoms with Crippen molar-refractivity contribution in [2.75, 3.05) is 18.0 Å². The van der Waals surface area contributed by atoms with Crippen LogP contribution < -0.4 is 10.2 Å². The molecular formula is C24H24ClN5OS. The number of imidazole rings is 1. The number of nitrogens with zero attached hydrogens (tertiary/aromatic N) is 4. The lowest BCUT2D eigenvalue weighted by molar-refractivity contribution is -0.125. The molecule has 0 radical (unpaired) electrons. The summed E-state index contributed by atoms with van der Waals surface area (Å²) >= 11 is 7.50. The molecule has 4 aromatic rings. The average Bonchev–Trinajstić information content (AvgIpc) is 3.39. The molecule has 5 rings (SSSR count). The van der Waals surface area contributed by atoms with Gasteiger partial charge < -0.3 is 10.2 Å². The first-order valence-electron chi connectivity index (χ1n) is 10.8. The van der Waals surface area contributed by atoms with Crippen LogP contribution in [0.25, 0.3) is 16.2 Å². The van der Waals surface area contributed by atoms with Crippen molar-refractivity contribution < 1.29 is 4.79 Å². The van der Waals surface area contributed by atoms with Crippen LogP contribution in [0.1, 0.15) is 24.0 Å². The highest BCUT2D eigenvalue weighted by molar-refractivity contribution is 7.20. The molecule has 1 aliphatic heterocycles. The molecule has 1 saturated heterocycles. The van der Waals surface area contributed by atoms with E-state index in [1.54, 1.807) is 11.3 Å². The molecule has 0 saturated carbocycles. The topological polar surface area (TPSA) is 62.5 Å². The molecule has 2 aromatic carbocycles. The second-order valence-electron chi connectivity index (χ2n) is 8.23. The first-order chi connectivity index (χ1) is 15.5. The lowest BCUT2D eigenvalue weighted by Crippen LogP contribution is -2.43. The predicted molar refractivity (Wildman–Crippen MR) is 129 cm³/mol. The zero-order valence-corrected chi connectivity index (χ0v) is 19.4. The molecule has 1 fully saturated rings. The molecule has 0 unspecified atom stereocenters. The van der Waals surface area contributed by atoms with Crippen LogP contribution in [0.2, 0.25) is 5.02 Å². The molecule has 6 nitrogen and oxygen atoms in total. The Bertz CT molecular complexity index is 1200. The number of aryl methyl sites for hydroxylation is 1. The van der Waals surface area contributed by atoms with Gasteiger partial charge in [-0.3, -0.25) is 4.79 Å². The third-order valence-corrected chi connectivity index (χ3v) is 7.06. The van der Waals surface area contributed by atoms with Crippen molar-refractivity contribution in [1.29, 1.82) is 0 Å². The smallest absolute Gasteiger partial charge is 0.225 e. The third kappa shape index (κ3) is 4.49. The monoisotopic (exact) mass is 465 g/mol. The number of hydrogen-bond donors (Lipinski definition) is 1. The summed E-state index contributed by atoms with van der Waals surface area (Å²) in [4.78, 5) is 20.6. The van der Waals surface area contributed by atoms with Gasteiger partial charge in [-0.15, -0.1) is 5.10 Å². The Morgan fingerprint density at radius 1 is 1.19 bits per heavy atom. The summed E-state index contributed by atoms with van der Waals surface area (Å²) in [7, 11) is 0. The molecule has 164 valence electrons. The zero-order valence-electron chi connectivity index (χ0n) is 17.8. The van der Waals surface area contributed by atoms with Crippen LogP contribution in [0.15, 0.2) is 54.7 Å². The molecule has 8 heteroatoms. The van der Waals surface area contributed by atoms with E-state index >= 15 is 0 Å². The SMILES string of the molecule is Cc1ccc(-c2cn3nc(N4CCC[C@H](C(=O)NCc5ccc(Cl)cc5)C4)sc3n2)cc1. The molecule has 3 heterocycles. The summed E-state index contributed by atoms with van der Waals surface area (Å²) in [5, 5.41) is 9.43. The molecule has 1 N–H and O–H groups in total. The fourth-order valence-corrected chi connectivity index (χ4v) is 5.03.